The van der Waals surface area contributed by atoms with Crippen molar-refractivity contribution in [2.24, 2.45) is 5.92 Å². The molecule has 0 aromatic heterocycles. The van der Waals surface area contributed by atoms with Gasteiger partial charge in [0.1, 0.15) is 0 Å². The zero-order valence-electron chi connectivity index (χ0n) is 10.7. The van der Waals surface area contributed by atoms with Crippen LogP contribution in [0.3, 0.4) is 0 Å². The molecule has 0 heteroatoms. The summed E-state index contributed by atoms with van der Waals surface area (Å²) >= 11 is 0. The second kappa shape index (κ2) is 4.18. The van der Waals surface area contributed by atoms with E-state index in [-0.39, 0.29) is 0 Å². The molecule has 0 amide bonds. The topological polar surface area (TPSA) is 0 Å². The first-order valence-corrected chi connectivity index (χ1v) is 6.73. The summed E-state index contributed by atoms with van der Waals surface area (Å²) in [7, 11) is 0. The van der Waals surface area contributed by atoms with Gasteiger partial charge < -0.3 is 0 Å². The van der Waals surface area contributed by atoms with Crippen molar-refractivity contribution in [3.63, 3.8) is 0 Å². The summed E-state index contributed by atoms with van der Waals surface area (Å²) in [6, 6.07) is 9.17. The van der Waals surface area contributed by atoms with Gasteiger partial charge >= 0.3 is 0 Å². The van der Waals surface area contributed by atoms with Crippen LogP contribution in [-0.2, 0) is 0 Å². The van der Waals surface area contributed by atoms with E-state index in [0.29, 0.717) is 0 Å². The summed E-state index contributed by atoms with van der Waals surface area (Å²) in [6.07, 6.45) is 8.52. The fourth-order valence-corrected chi connectivity index (χ4v) is 2.87. The van der Waals surface area contributed by atoms with E-state index in [1.807, 2.05) is 0 Å². The summed E-state index contributed by atoms with van der Waals surface area (Å²) < 4.78 is 0. The van der Waals surface area contributed by atoms with E-state index in [1.165, 1.54) is 41.5 Å². The second-order valence-electron chi connectivity index (χ2n) is 5.53. The van der Waals surface area contributed by atoms with Gasteiger partial charge in [-0.25, -0.2) is 0 Å². The van der Waals surface area contributed by atoms with E-state index in [1.54, 1.807) is 0 Å². The van der Waals surface area contributed by atoms with Crippen LogP contribution in [0.4, 0.5) is 0 Å². The summed E-state index contributed by atoms with van der Waals surface area (Å²) in [5.74, 6) is 1.71. The van der Waals surface area contributed by atoms with Gasteiger partial charge in [0.15, 0.2) is 0 Å². The molecular weight excluding hydrogens is 204 g/mol. The van der Waals surface area contributed by atoms with Gasteiger partial charge in [-0.2, -0.15) is 0 Å². The van der Waals surface area contributed by atoms with Crippen LogP contribution in [0, 0.1) is 5.92 Å². The Kier molecular flexibility index (Phi) is 2.66. The Balaban J connectivity index is 1.93. The van der Waals surface area contributed by atoms with Crippen molar-refractivity contribution in [2.45, 2.75) is 39.0 Å². The molecule has 1 fully saturated rings. The summed E-state index contributed by atoms with van der Waals surface area (Å²) in [5.41, 5.74) is 5.84. The molecule has 0 radical (unpaired) electrons. The molecule has 0 saturated heterocycles. The van der Waals surface area contributed by atoms with Crippen molar-refractivity contribution in [2.75, 3.05) is 0 Å². The largest absolute Gasteiger partial charge is 0.0807 e. The molecule has 1 aromatic carbocycles. The van der Waals surface area contributed by atoms with Crippen LogP contribution >= 0.6 is 0 Å². The molecule has 1 aromatic rings. The zero-order valence-corrected chi connectivity index (χ0v) is 10.7. The van der Waals surface area contributed by atoms with Crippen LogP contribution in [0.5, 0.6) is 0 Å². The van der Waals surface area contributed by atoms with Crippen LogP contribution in [-0.4, -0.2) is 0 Å². The predicted octanol–water partition coefficient (Wildman–Crippen LogP) is 4.93. The van der Waals surface area contributed by atoms with Gasteiger partial charge in [0.05, 0.1) is 0 Å². The maximum Gasteiger partial charge on any atom is -0.0133 e. The van der Waals surface area contributed by atoms with Gasteiger partial charge in [-0.1, -0.05) is 43.3 Å². The predicted molar refractivity (Wildman–Crippen MR) is 73.9 cm³/mol. The molecule has 2 aliphatic carbocycles. The molecule has 2 atom stereocenters. The van der Waals surface area contributed by atoms with Gasteiger partial charge in [-0.3, -0.25) is 0 Å². The second-order valence-corrected chi connectivity index (χ2v) is 5.53. The lowest BCUT2D eigenvalue weighted by Crippen LogP contribution is -1.93. The average molecular weight is 224 g/mol. The third-order valence-electron chi connectivity index (χ3n) is 4.13. The van der Waals surface area contributed by atoms with Crippen LogP contribution in [0.25, 0.3) is 5.57 Å². The molecule has 0 heterocycles. The highest BCUT2D eigenvalue weighted by Gasteiger charge is 2.33. The minimum atomic E-state index is 0.823. The van der Waals surface area contributed by atoms with E-state index in [2.05, 4.69) is 50.3 Å². The van der Waals surface area contributed by atoms with Crippen LogP contribution < -0.4 is 0 Å². The minimum Gasteiger partial charge on any atom is -0.0807 e. The van der Waals surface area contributed by atoms with Gasteiger partial charge in [0, 0.05) is 0 Å². The van der Waals surface area contributed by atoms with Crippen LogP contribution in [0.2, 0.25) is 0 Å². The third-order valence-corrected chi connectivity index (χ3v) is 4.13. The van der Waals surface area contributed by atoms with Crippen molar-refractivity contribution in [3.8, 4) is 0 Å². The molecule has 0 spiro atoms. The molecule has 1 saturated carbocycles. The number of hydrogen-bond donors (Lipinski definition) is 0. The van der Waals surface area contributed by atoms with E-state index >= 15 is 0 Å². The maximum absolute atomic E-state index is 2.41. The first-order valence-electron chi connectivity index (χ1n) is 6.73. The Labute approximate surface area is 104 Å². The first-order chi connectivity index (χ1) is 8.25. The molecule has 2 unspecified atom stereocenters. The molecule has 0 aliphatic heterocycles. The molecule has 88 valence electrons. The summed E-state index contributed by atoms with van der Waals surface area (Å²) in [6.45, 7) is 4.58. The highest BCUT2D eigenvalue weighted by molar-refractivity contribution is 5.79. The fourth-order valence-electron chi connectivity index (χ4n) is 2.87. The molecule has 3 rings (SSSR count). The Morgan fingerprint density at radius 3 is 2.59 bits per heavy atom. The lowest BCUT2D eigenvalue weighted by molar-refractivity contribution is 0.914. The Morgan fingerprint density at radius 1 is 1.12 bits per heavy atom. The van der Waals surface area contributed by atoms with Crippen molar-refractivity contribution in [1.29, 1.82) is 0 Å². The van der Waals surface area contributed by atoms with Crippen molar-refractivity contribution in [3.05, 3.63) is 53.1 Å². The minimum absolute atomic E-state index is 0.823. The lowest BCUT2D eigenvalue weighted by Gasteiger charge is -2.14. The summed E-state index contributed by atoms with van der Waals surface area (Å²) in [4.78, 5) is 0. The summed E-state index contributed by atoms with van der Waals surface area (Å²) in [5, 5.41) is 0. The number of allylic oxidation sites excluding steroid dienone is 4. The number of benzene rings is 1. The van der Waals surface area contributed by atoms with Gasteiger partial charge in [-0.15, -0.1) is 0 Å². The molecule has 2 aliphatic rings. The SMILES string of the molecule is CC1=CCCC=C1c1cccc(C2CC2C)c1. The Morgan fingerprint density at radius 2 is 1.88 bits per heavy atom. The maximum atomic E-state index is 2.41. The van der Waals surface area contributed by atoms with Gasteiger partial charge in [0.25, 0.3) is 0 Å². The molecule has 0 bridgehead atoms. The standard InChI is InChI=1S/C17H20/c1-12-6-3-4-9-16(12)14-7-5-8-15(11-14)17-10-13(17)2/h5-9,11,13,17H,3-4,10H2,1-2H3. The normalized spacial score (nSPS) is 27.4. The molecule has 0 N–H and O–H groups in total. The zero-order chi connectivity index (χ0) is 11.8. The van der Waals surface area contributed by atoms with Crippen molar-refractivity contribution in [1.82, 2.24) is 0 Å². The third kappa shape index (κ3) is 2.09. The van der Waals surface area contributed by atoms with Gasteiger partial charge in [-0.05, 0) is 60.3 Å². The molecule has 17 heavy (non-hydrogen) atoms. The van der Waals surface area contributed by atoms with E-state index in [9.17, 15) is 0 Å². The smallest absolute Gasteiger partial charge is 0.0133 e. The van der Waals surface area contributed by atoms with Crippen LogP contribution in [0.15, 0.2) is 42.0 Å². The van der Waals surface area contributed by atoms with Crippen LogP contribution in [0.1, 0.15) is 50.2 Å². The quantitative estimate of drug-likeness (QED) is 0.668. The average Bonchev–Trinajstić information content (AvgIpc) is 3.07. The van der Waals surface area contributed by atoms with E-state index < -0.39 is 0 Å². The molecule has 0 nitrogen and oxygen atoms in total. The molecular formula is C17H20. The fraction of sp³-hybridized carbons (Fsp3) is 0.412. The number of hydrogen-bond acceptors (Lipinski definition) is 0. The monoisotopic (exact) mass is 224 g/mol. The van der Waals surface area contributed by atoms with E-state index in [4.69, 9.17) is 0 Å². The Bertz CT molecular complexity index is 491. The van der Waals surface area contributed by atoms with Crippen molar-refractivity contribution < 1.29 is 0 Å². The van der Waals surface area contributed by atoms with E-state index in [0.717, 1.165) is 11.8 Å². The highest BCUT2D eigenvalue weighted by Crippen LogP contribution is 2.47. The first kappa shape index (κ1) is 10.8. The van der Waals surface area contributed by atoms with Gasteiger partial charge in [0.2, 0.25) is 0 Å². The highest BCUT2D eigenvalue weighted by atomic mass is 14.4. The van der Waals surface area contributed by atoms with Crippen molar-refractivity contribution >= 4 is 5.57 Å². The number of rotatable bonds is 2. The lowest BCUT2D eigenvalue weighted by atomic mass is 9.91. The Hall–Kier alpha value is -1.30.